The molecule has 14 nitrogen and oxygen atoms in total. The van der Waals surface area contributed by atoms with Crippen LogP contribution in [-0.2, 0) is 24.0 Å². The van der Waals surface area contributed by atoms with Crippen LogP contribution in [0.1, 0.15) is 59.8 Å². The Bertz CT molecular complexity index is 798. The zero-order valence-electron chi connectivity index (χ0n) is 21.3. The minimum atomic E-state index is -1.35. The number of nitrogens with two attached hydrogens (primary N) is 3. The molecule has 4 unspecified atom stereocenters. The molecule has 206 valence electrons. The van der Waals surface area contributed by atoms with Crippen molar-refractivity contribution in [3.8, 4) is 0 Å². The molecule has 0 aliphatic rings. The van der Waals surface area contributed by atoms with Crippen molar-refractivity contribution >= 4 is 35.6 Å². The normalized spacial score (nSPS) is 14.3. The highest BCUT2D eigenvalue weighted by Gasteiger charge is 2.31. The standard InChI is InChI=1S/C22H41N7O7/c1-11(2)10-15(29-20(34)17(23)12(3)4)19(33)27-13(7-8-16(30)31)18(32)28-14(21(35)36)6-5-9-26-22(24)25/h11-15,17H,5-10,23H2,1-4H3,(H,27,33)(H,28,32)(H,29,34)(H,30,31)(H,35,36)(H4,24,25,26). The minimum absolute atomic E-state index is 0.00340. The predicted octanol–water partition coefficient (Wildman–Crippen LogP) is -1.53. The Morgan fingerprint density at radius 1 is 0.806 bits per heavy atom. The number of aliphatic imine (C=N–C) groups is 1. The van der Waals surface area contributed by atoms with Crippen molar-refractivity contribution in [3.05, 3.63) is 0 Å². The van der Waals surface area contributed by atoms with Crippen molar-refractivity contribution in [3.63, 3.8) is 0 Å². The van der Waals surface area contributed by atoms with E-state index in [9.17, 15) is 29.1 Å². The largest absolute Gasteiger partial charge is 0.481 e. The average molecular weight is 516 g/mol. The van der Waals surface area contributed by atoms with Crippen molar-refractivity contribution in [2.45, 2.75) is 84.0 Å². The topological polar surface area (TPSA) is 252 Å². The molecule has 14 heteroatoms. The van der Waals surface area contributed by atoms with Crippen molar-refractivity contribution in [2.24, 2.45) is 34.0 Å². The lowest BCUT2D eigenvalue weighted by Gasteiger charge is -2.26. The second-order valence-electron chi connectivity index (χ2n) is 9.30. The minimum Gasteiger partial charge on any atom is -0.481 e. The van der Waals surface area contributed by atoms with Crippen molar-refractivity contribution in [1.82, 2.24) is 16.0 Å². The summed E-state index contributed by atoms with van der Waals surface area (Å²) in [6.45, 7) is 7.33. The Balaban J connectivity index is 5.55. The fourth-order valence-electron chi connectivity index (χ4n) is 3.12. The lowest BCUT2D eigenvalue weighted by atomic mass is 10.00. The Hall–Kier alpha value is -3.42. The molecule has 0 saturated heterocycles. The molecule has 0 aromatic carbocycles. The molecule has 0 aromatic heterocycles. The molecule has 0 aromatic rings. The molecular formula is C22H41N7O7. The maximum Gasteiger partial charge on any atom is 0.326 e. The van der Waals surface area contributed by atoms with Gasteiger partial charge in [-0.3, -0.25) is 24.2 Å². The second-order valence-corrected chi connectivity index (χ2v) is 9.30. The van der Waals surface area contributed by atoms with Gasteiger partial charge in [0.15, 0.2) is 5.96 Å². The highest BCUT2D eigenvalue weighted by Crippen LogP contribution is 2.09. The summed E-state index contributed by atoms with van der Waals surface area (Å²) in [6.07, 6.45) is -0.268. The second kappa shape index (κ2) is 16.3. The maximum absolute atomic E-state index is 13.0. The first-order chi connectivity index (χ1) is 16.6. The van der Waals surface area contributed by atoms with Gasteiger partial charge in [0.25, 0.3) is 0 Å². The highest BCUT2D eigenvalue weighted by molar-refractivity contribution is 5.94. The van der Waals surface area contributed by atoms with Gasteiger partial charge in [-0.25, -0.2) is 4.79 Å². The van der Waals surface area contributed by atoms with Gasteiger partial charge in [0.1, 0.15) is 18.1 Å². The number of hydrogen-bond donors (Lipinski definition) is 8. The maximum atomic E-state index is 13.0. The first-order valence-corrected chi connectivity index (χ1v) is 11.8. The third-order valence-corrected chi connectivity index (χ3v) is 5.20. The lowest BCUT2D eigenvalue weighted by Crippen LogP contribution is -2.57. The molecule has 36 heavy (non-hydrogen) atoms. The van der Waals surface area contributed by atoms with E-state index in [0.717, 1.165) is 0 Å². The van der Waals surface area contributed by atoms with E-state index in [0.29, 0.717) is 0 Å². The number of rotatable bonds is 17. The van der Waals surface area contributed by atoms with E-state index in [-0.39, 0.29) is 50.0 Å². The first kappa shape index (κ1) is 32.6. The molecule has 0 fully saturated rings. The molecule has 0 saturated carbocycles. The molecule has 0 rings (SSSR count). The molecular weight excluding hydrogens is 474 g/mol. The van der Waals surface area contributed by atoms with Crippen LogP contribution in [0.4, 0.5) is 0 Å². The Morgan fingerprint density at radius 2 is 1.33 bits per heavy atom. The van der Waals surface area contributed by atoms with Crippen LogP contribution in [0.5, 0.6) is 0 Å². The Morgan fingerprint density at radius 3 is 1.81 bits per heavy atom. The van der Waals surface area contributed by atoms with Crippen molar-refractivity contribution in [2.75, 3.05) is 6.54 Å². The van der Waals surface area contributed by atoms with Crippen molar-refractivity contribution in [1.29, 1.82) is 0 Å². The summed E-state index contributed by atoms with van der Waals surface area (Å²) in [6, 6.07) is -4.55. The van der Waals surface area contributed by atoms with Gasteiger partial charge in [0, 0.05) is 13.0 Å². The molecule has 0 heterocycles. The molecule has 0 aliphatic carbocycles. The van der Waals surface area contributed by atoms with E-state index in [1.807, 2.05) is 13.8 Å². The van der Waals surface area contributed by atoms with Gasteiger partial charge in [-0.05, 0) is 37.5 Å². The van der Waals surface area contributed by atoms with Gasteiger partial charge in [-0.1, -0.05) is 27.7 Å². The fourth-order valence-corrected chi connectivity index (χ4v) is 3.12. The van der Waals surface area contributed by atoms with Gasteiger partial charge in [-0.2, -0.15) is 0 Å². The summed E-state index contributed by atoms with van der Waals surface area (Å²) >= 11 is 0. The predicted molar refractivity (Wildman–Crippen MR) is 132 cm³/mol. The summed E-state index contributed by atoms with van der Waals surface area (Å²) in [5.74, 6) is -4.98. The molecule has 0 radical (unpaired) electrons. The van der Waals surface area contributed by atoms with E-state index in [2.05, 4.69) is 20.9 Å². The van der Waals surface area contributed by atoms with E-state index in [1.165, 1.54) is 0 Å². The number of amides is 3. The van der Waals surface area contributed by atoms with Gasteiger partial charge >= 0.3 is 11.9 Å². The molecule has 0 aliphatic heterocycles. The van der Waals surface area contributed by atoms with Crippen LogP contribution < -0.4 is 33.2 Å². The molecule has 3 amide bonds. The monoisotopic (exact) mass is 515 g/mol. The van der Waals surface area contributed by atoms with Gasteiger partial charge < -0.3 is 43.4 Å². The third-order valence-electron chi connectivity index (χ3n) is 5.20. The van der Waals surface area contributed by atoms with Gasteiger partial charge in [0.05, 0.1) is 6.04 Å². The smallest absolute Gasteiger partial charge is 0.326 e. The van der Waals surface area contributed by atoms with Crippen LogP contribution >= 0.6 is 0 Å². The van der Waals surface area contributed by atoms with E-state index < -0.39 is 60.2 Å². The first-order valence-electron chi connectivity index (χ1n) is 11.8. The average Bonchev–Trinajstić information content (AvgIpc) is 2.76. The summed E-state index contributed by atoms with van der Waals surface area (Å²) < 4.78 is 0. The quantitative estimate of drug-likeness (QED) is 0.0630. The number of carboxylic acid groups (broad SMARTS) is 2. The van der Waals surface area contributed by atoms with E-state index >= 15 is 0 Å². The summed E-state index contributed by atoms with van der Waals surface area (Å²) in [5.41, 5.74) is 16.3. The molecule has 0 bridgehead atoms. The number of nitrogens with one attached hydrogen (secondary N) is 3. The highest BCUT2D eigenvalue weighted by atomic mass is 16.4. The number of nitrogens with zero attached hydrogens (tertiary/aromatic N) is 1. The zero-order valence-corrected chi connectivity index (χ0v) is 21.3. The SMILES string of the molecule is CC(C)CC(NC(=O)C(N)C(C)C)C(=O)NC(CCC(=O)O)C(=O)NC(CCCN=C(N)N)C(=O)O. The third kappa shape index (κ3) is 13.5. The number of carbonyl (C=O) groups is 5. The van der Waals surface area contributed by atoms with Crippen LogP contribution in [-0.4, -0.2) is 76.5 Å². The number of hydrogen-bond acceptors (Lipinski definition) is 7. The van der Waals surface area contributed by atoms with Crippen LogP contribution in [0.25, 0.3) is 0 Å². The fraction of sp³-hybridized carbons (Fsp3) is 0.727. The number of aliphatic carboxylic acids is 2. The molecule has 0 spiro atoms. The van der Waals surface area contributed by atoms with Crippen LogP contribution in [0.2, 0.25) is 0 Å². The van der Waals surface area contributed by atoms with E-state index in [1.54, 1.807) is 13.8 Å². The van der Waals surface area contributed by atoms with Crippen LogP contribution in [0.3, 0.4) is 0 Å². The summed E-state index contributed by atoms with van der Waals surface area (Å²) in [4.78, 5) is 64.8. The molecule has 11 N–H and O–H groups in total. The van der Waals surface area contributed by atoms with E-state index in [4.69, 9.17) is 22.3 Å². The number of carbonyl (C=O) groups excluding carboxylic acids is 3. The van der Waals surface area contributed by atoms with Gasteiger partial charge in [-0.15, -0.1) is 0 Å². The summed E-state index contributed by atoms with van der Waals surface area (Å²) in [7, 11) is 0. The zero-order chi connectivity index (χ0) is 28.0. The van der Waals surface area contributed by atoms with Crippen molar-refractivity contribution < 1.29 is 34.2 Å². The Kier molecular flexibility index (Phi) is 14.7. The Labute approximate surface area is 210 Å². The number of guanidine groups is 1. The van der Waals surface area contributed by atoms with Crippen LogP contribution in [0, 0.1) is 11.8 Å². The lowest BCUT2D eigenvalue weighted by molar-refractivity contribution is -0.143. The van der Waals surface area contributed by atoms with Crippen LogP contribution in [0.15, 0.2) is 4.99 Å². The number of carboxylic acids is 2. The van der Waals surface area contributed by atoms with Gasteiger partial charge in [0.2, 0.25) is 17.7 Å². The molecule has 4 atom stereocenters. The summed E-state index contributed by atoms with van der Waals surface area (Å²) in [5, 5.41) is 25.9.